The summed E-state index contributed by atoms with van der Waals surface area (Å²) in [5.41, 5.74) is 1.40. The summed E-state index contributed by atoms with van der Waals surface area (Å²) in [5, 5.41) is 6.52. The molecule has 0 unspecified atom stereocenters. The zero-order valence-electron chi connectivity index (χ0n) is 15.1. The van der Waals surface area contributed by atoms with E-state index in [9.17, 15) is 27.2 Å². The summed E-state index contributed by atoms with van der Waals surface area (Å²) in [6, 6.07) is 5.52. The van der Waals surface area contributed by atoms with Gasteiger partial charge in [0.25, 0.3) is 5.91 Å². The fourth-order valence-corrected chi connectivity index (χ4v) is 3.49. The quantitative estimate of drug-likeness (QED) is 0.623. The molecule has 1 N–H and O–H groups in total. The first kappa shape index (κ1) is 19.1. The lowest BCUT2D eigenvalue weighted by atomic mass is 10.1. The molecule has 0 bridgehead atoms. The second-order valence-electron chi connectivity index (χ2n) is 6.86. The molecule has 0 spiro atoms. The molecule has 0 aromatic heterocycles. The number of amides is 2. The van der Waals surface area contributed by atoms with E-state index in [1.807, 2.05) is 12.1 Å². The van der Waals surface area contributed by atoms with E-state index in [1.54, 1.807) is 6.07 Å². The minimum absolute atomic E-state index is 0.0355. The van der Waals surface area contributed by atoms with Crippen molar-refractivity contribution >= 4 is 28.9 Å². The van der Waals surface area contributed by atoms with Gasteiger partial charge in [-0.15, -0.1) is 0 Å². The largest absolute Gasteiger partial charge is 0.321 e. The van der Waals surface area contributed by atoms with Gasteiger partial charge in [0.05, 0.1) is 0 Å². The lowest BCUT2D eigenvalue weighted by Crippen LogP contribution is -2.37. The SMILES string of the molecule is O=C(Nc1ccc2c(c1)CCC2)C1=NN(c2c(F)c(F)cc(F)c2F)C(=O)CC1. The molecule has 2 aromatic carbocycles. The van der Waals surface area contributed by atoms with Crippen LogP contribution in [-0.2, 0) is 22.4 Å². The number of halogens is 4. The minimum Gasteiger partial charge on any atom is -0.321 e. The van der Waals surface area contributed by atoms with E-state index in [1.165, 1.54) is 5.56 Å². The molecular weight excluding hydrogens is 390 g/mol. The lowest BCUT2D eigenvalue weighted by Gasteiger charge is -2.24. The van der Waals surface area contributed by atoms with Crippen LogP contribution in [0.1, 0.15) is 30.4 Å². The van der Waals surface area contributed by atoms with Gasteiger partial charge in [-0.05, 0) is 42.5 Å². The normalized spacial score (nSPS) is 15.9. The molecular formula is C20H15F4N3O2. The van der Waals surface area contributed by atoms with Crippen LogP contribution in [-0.4, -0.2) is 17.5 Å². The highest BCUT2D eigenvalue weighted by molar-refractivity contribution is 6.44. The van der Waals surface area contributed by atoms with Crippen molar-refractivity contribution in [3.8, 4) is 0 Å². The third kappa shape index (κ3) is 3.48. The number of rotatable bonds is 3. The van der Waals surface area contributed by atoms with Crippen LogP contribution in [0.15, 0.2) is 29.4 Å². The van der Waals surface area contributed by atoms with Crippen molar-refractivity contribution in [2.45, 2.75) is 32.1 Å². The number of nitrogens with zero attached hydrogens (tertiary/aromatic N) is 2. The number of hydrogen-bond acceptors (Lipinski definition) is 3. The highest BCUT2D eigenvalue weighted by atomic mass is 19.2. The molecule has 1 heterocycles. The molecule has 4 rings (SSSR count). The molecule has 2 aromatic rings. The average Bonchev–Trinajstić information content (AvgIpc) is 3.16. The minimum atomic E-state index is -1.76. The van der Waals surface area contributed by atoms with E-state index < -0.39 is 40.8 Å². The van der Waals surface area contributed by atoms with Gasteiger partial charge in [-0.3, -0.25) is 9.59 Å². The van der Waals surface area contributed by atoms with Gasteiger partial charge in [0.15, 0.2) is 23.3 Å². The zero-order valence-corrected chi connectivity index (χ0v) is 15.1. The van der Waals surface area contributed by atoms with Crippen molar-refractivity contribution in [3.05, 3.63) is 58.7 Å². The van der Waals surface area contributed by atoms with Gasteiger partial charge < -0.3 is 5.32 Å². The number of anilines is 2. The Labute approximate surface area is 163 Å². The smallest absolute Gasteiger partial charge is 0.271 e. The zero-order chi connectivity index (χ0) is 20.7. The number of fused-ring (bicyclic) bond motifs is 1. The Hall–Kier alpha value is -3.23. The molecule has 0 saturated heterocycles. The van der Waals surface area contributed by atoms with Crippen LogP contribution in [0.4, 0.5) is 28.9 Å². The number of benzene rings is 2. The van der Waals surface area contributed by atoms with Gasteiger partial charge in [0.1, 0.15) is 11.4 Å². The number of aryl methyl sites for hydroxylation is 2. The van der Waals surface area contributed by atoms with Crippen LogP contribution in [0.25, 0.3) is 0 Å². The second-order valence-corrected chi connectivity index (χ2v) is 6.86. The van der Waals surface area contributed by atoms with Crippen LogP contribution < -0.4 is 10.3 Å². The summed E-state index contributed by atoms with van der Waals surface area (Å²) in [7, 11) is 0. The summed E-state index contributed by atoms with van der Waals surface area (Å²) in [6.07, 6.45) is 2.55. The molecule has 1 aliphatic heterocycles. The molecule has 2 amide bonds. The third-order valence-corrected chi connectivity index (χ3v) is 4.95. The van der Waals surface area contributed by atoms with E-state index in [4.69, 9.17) is 0 Å². The molecule has 9 heteroatoms. The monoisotopic (exact) mass is 405 g/mol. The van der Waals surface area contributed by atoms with Gasteiger partial charge in [-0.25, -0.2) is 17.6 Å². The highest BCUT2D eigenvalue weighted by Crippen LogP contribution is 2.31. The van der Waals surface area contributed by atoms with Crippen molar-refractivity contribution in [1.29, 1.82) is 0 Å². The average molecular weight is 405 g/mol. The molecule has 0 saturated carbocycles. The van der Waals surface area contributed by atoms with E-state index in [2.05, 4.69) is 10.4 Å². The summed E-state index contributed by atoms with van der Waals surface area (Å²) in [4.78, 5) is 24.6. The summed E-state index contributed by atoms with van der Waals surface area (Å²) in [5.74, 6) is -8.42. The van der Waals surface area contributed by atoms with Crippen molar-refractivity contribution in [1.82, 2.24) is 0 Å². The van der Waals surface area contributed by atoms with Gasteiger partial charge in [-0.1, -0.05) is 6.07 Å². The van der Waals surface area contributed by atoms with Crippen LogP contribution >= 0.6 is 0 Å². The topological polar surface area (TPSA) is 61.8 Å². The van der Waals surface area contributed by atoms with Crippen LogP contribution in [0.2, 0.25) is 0 Å². The summed E-state index contributed by atoms with van der Waals surface area (Å²) in [6.45, 7) is 0. The Morgan fingerprint density at radius 1 is 0.931 bits per heavy atom. The van der Waals surface area contributed by atoms with E-state index in [0.29, 0.717) is 5.69 Å². The van der Waals surface area contributed by atoms with Crippen molar-refractivity contribution in [2.24, 2.45) is 5.10 Å². The Morgan fingerprint density at radius 2 is 1.62 bits per heavy atom. The Balaban J connectivity index is 1.63. The Bertz CT molecular complexity index is 1040. The first-order valence-corrected chi connectivity index (χ1v) is 9.01. The fraction of sp³-hybridized carbons (Fsp3) is 0.250. The number of carbonyl (C=O) groups is 2. The van der Waals surface area contributed by atoms with Crippen LogP contribution in [0, 0.1) is 23.3 Å². The molecule has 2 aliphatic rings. The van der Waals surface area contributed by atoms with Crippen molar-refractivity contribution in [2.75, 3.05) is 10.3 Å². The van der Waals surface area contributed by atoms with Crippen LogP contribution in [0.3, 0.4) is 0 Å². The number of nitrogens with one attached hydrogen (secondary N) is 1. The Morgan fingerprint density at radius 3 is 2.34 bits per heavy atom. The second kappa shape index (κ2) is 7.31. The van der Waals surface area contributed by atoms with Gasteiger partial charge in [0, 0.05) is 24.6 Å². The highest BCUT2D eigenvalue weighted by Gasteiger charge is 2.32. The van der Waals surface area contributed by atoms with Crippen molar-refractivity contribution < 1.29 is 27.2 Å². The maximum absolute atomic E-state index is 14.1. The van der Waals surface area contributed by atoms with Gasteiger partial charge in [-0.2, -0.15) is 10.1 Å². The summed E-state index contributed by atoms with van der Waals surface area (Å²) >= 11 is 0. The predicted octanol–water partition coefficient (Wildman–Crippen LogP) is 3.85. The molecule has 29 heavy (non-hydrogen) atoms. The molecule has 0 fully saturated rings. The molecule has 1 aliphatic carbocycles. The maximum atomic E-state index is 14.1. The third-order valence-electron chi connectivity index (χ3n) is 4.95. The maximum Gasteiger partial charge on any atom is 0.271 e. The summed E-state index contributed by atoms with van der Waals surface area (Å²) < 4.78 is 55.1. The van der Waals surface area contributed by atoms with E-state index in [-0.39, 0.29) is 29.6 Å². The van der Waals surface area contributed by atoms with Gasteiger partial charge in [0.2, 0.25) is 5.91 Å². The van der Waals surface area contributed by atoms with Gasteiger partial charge >= 0.3 is 0 Å². The molecule has 0 radical (unpaired) electrons. The molecule has 5 nitrogen and oxygen atoms in total. The molecule has 0 atom stereocenters. The van der Waals surface area contributed by atoms with Crippen molar-refractivity contribution in [3.63, 3.8) is 0 Å². The Kier molecular flexibility index (Phi) is 4.81. The fourth-order valence-electron chi connectivity index (χ4n) is 3.49. The van der Waals surface area contributed by atoms with Crippen LogP contribution in [0.5, 0.6) is 0 Å². The first-order chi connectivity index (χ1) is 13.8. The molecule has 150 valence electrons. The number of hydrogen-bond donors (Lipinski definition) is 1. The van der Waals surface area contributed by atoms with E-state index >= 15 is 0 Å². The van der Waals surface area contributed by atoms with E-state index in [0.717, 1.165) is 24.8 Å². The first-order valence-electron chi connectivity index (χ1n) is 9.01. The predicted molar refractivity (Wildman–Crippen MR) is 97.5 cm³/mol. The number of carbonyl (C=O) groups excluding carboxylic acids is 2. The standard InChI is InChI=1S/C20H15F4N3O2/c21-13-9-14(22)18(24)19(17(13)23)27-16(28)7-6-15(26-27)20(29)25-12-5-4-10-2-1-3-11(10)8-12/h4-5,8-9H,1-3,6-7H2,(H,25,29). The number of hydrazone groups is 1. The lowest BCUT2D eigenvalue weighted by molar-refractivity contribution is -0.118.